The average molecular weight is 383 g/mol. The molecule has 5 heteroatoms. The standard InChI is InChI=1S/C23H29NO4/c1-16-10-17(2)14-24(13-16)23(25)19-11-20(26-3)22(21(12-19)27-4)28-15-18-8-6-5-7-9-18/h5-9,11-12,16-17H,10,13-15H2,1-4H3. The SMILES string of the molecule is COc1cc(C(=O)N2CC(C)CC(C)C2)cc(OC)c1OCc1ccccc1. The number of hydrogen-bond acceptors (Lipinski definition) is 4. The molecule has 0 aromatic heterocycles. The molecule has 1 heterocycles. The predicted octanol–water partition coefficient (Wildman–Crippen LogP) is 4.40. The van der Waals surface area contributed by atoms with Crippen LogP contribution in [0.1, 0.15) is 36.2 Å². The van der Waals surface area contributed by atoms with E-state index in [4.69, 9.17) is 14.2 Å². The van der Waals surface area contributed by atoms with E-state index in [0.29, 0.717) is 41.3 Å². The molecule has 0 N–H and O–H groups in total. The first-order valence-electron chi connectivity index (χ1n) is 9.73. The van der Waals surface area contributed by atoms with Crippen LogP contribution in [0.25, 0.3) is 0 Å². The molecule has 1 fully saturated rings. The van der Waals surface area contributed by atoms with Gasteiger partial charge in [-0.2, -0.15) is 0 Å². The van der Waals surface area contributed by atoms with Crippen molar-refractivity contribution < 1.29 is 19.0 Å². The van der Waals surface area contributed by atoms with Gasteiger partial charge in [0.15, 0.2) is 11.5 Å². The minimum Gasteiger partial charge on any atom is -0.493 e. The van der Waals surface area contributed by atoms with Gasteiger partial charge in [0, 0.05) is 18.7 Å². The topological polar surface area (TPSA) is 48.0 Å². The Morgan fingerprint density at radius 3 is 2.11 bits per heavy atom. The number of amides is 1. The zero-order valence-electron chi connectivity index (χ0n) is 17.1. The highest BCUT2D eigenvalue weighted by Crippen LogP contribution is 2.39. The number of methoxy groups -OCH3 is 2. The number of benzene rings is 2. The molecule has 2 aromatic rings. The minimum absolute atomic E-state index is 0.00427. The van der Waals surface area contributed by atoms with Crippen LogP contribution in [0.3, 0.4) is 0 Å². The Kier molecular flexibility index (Phi) is 6.45. The summed E-state index contributed by atoms with van der Waals surface area (Å²) in [4.78, 5) is 15.0. The molecular formula is C23H29NO4. The van der Waals surface area contributed by atoms with Gasteiger partial charge in [0.2, 0.25) is 5.75 Å². The van der Waals surface area contributed by atoms with Crippen molar-refractivity contribution in [2.24, 2.45) is 11.8 Å². The van der Waals surface area contributed by atoms with Crippen molar-refractivity contribution in [3.05, 3.63) is 53.6 Å². The molecule has 0 radical (unpaired) electrons. The van der Waals surface area contributed by atoms with Crippen LogP contribution in [0, 0.1) is 11.8 Å². The van der Waals surface area contributed by atoms with Crippen LogP contribution in [0.15, 0.2) is 42.5 Å². The van der Waals surface area contributed by atoms with E-state index >= 15 is 0 Å². The number of nitrogens with zero attached hydrogens (tertiary/aromatic N) is 1. The summed E-state index contributed by atoms with van der Waals surface area (Å²) < 4.78 is 17.0. The third-order valence-corrected chi connectivity index (χ3v) is 5.09. The maximum absolute atomic E-state index is 13.1. The summed E-state index contributed by atoms with van der Waals surface area (Å²) in [7, 11) is 3.15. The van der Waals surface area contributed by atoms with Crippen LogP contribution < -0.4 is 14.2 Å². The van der Waals surface area contributed by atoms with E-state index in [1.807, 2.05) is 35.2 Å². The Morgan fingerprint density at radius 2 is 1.57 bits per heavy atom. The molecule has 3 rings (SSSR count). The van der Waals surface area contributed by atoms with E-state index < -0.39 is 0 Å². The summed E-state index contributed by atoms with van der Waals surface area (Å²) in [6, 6.07) is 13.4. The van der Waals surface area contributed by atoms with Crippen molar-refractivity contribution in [2.75, 3.05) is 27.3 Å². The first-order valence-corrected chi connectivity index (χ1v) is 9.73. The number of ether oxygens (including phenoxy) is 3. The van der Waals surface area contributed by atoms with Crippen LogP contribution in [0.2, 0.25) is 0 Å². The van der Waals surface area contributed by atoms with Gasteiger partial charge in [-0.25, -0.2) is 0 Å². The molecule has 2 atom stereocenters. The average Bonchev–Trinajstić information content (AvgIpc) is 2.71. The van der Waals surface area contributed by atoms with Gasteiger partial charge in [-0.05, 0) is 36.0 Å². The van der Waals surface area contributed by atoms with E-state index in [2.05, 4.69) is 13.8 Å². The monoisotopic (exact) mass is 383 g/mol. The van der Waals surface area contributed by atoms with Gasteiger partial charge in [-0.3, -0.25) is 4.79 Å². The zero-order chi connectivity index (χ0) is 20.1. The lowest BCUT2D eigenvalue weighted by atomic mass is 9.91. The summed E-state index contributed by atoms with van der Waals surface area (Å²) in [6.45, 7) is 6.33. The molecule has 1 saturated heterocycles. The molecule has 28 heavy (non-hydrogen) atoms. The van der Waals surface area contributed by atoms with Crippen molar-refractivity contribution in [3.63, 3.8) is 0 Å². The number of carbonyl (C=O) groups is 1. The molecule has 0 saturated carbocycles. The quantitative estimate of drug-likeness (QED) is 0.742. The Balaban J connectivity index is 1.84. The zero-order valence-corrected chi connectivity index (χ0v) is 17.1. The van der Waals surface area contributed by atoms with Gasteiger partial charge in [0.05, 0.1) is 14.2 Å². The third-order valence-electron chi connectivity index (χ3n) is 5.09. The highest BCUT2D eigenvalue weighted by atomic mass is 16.5. The second-order valence-electron chi connectivity index (χ2n) is 7.64. The van der Waals surface area contributed by atoms with Crippen molar-refractivity contribution in [3.8, 4) is 17.2 Å². The smallest absolute Gasteiger partial charge is 0.254 e. The van der Waals surface area contributed by atoms with Crippen molar-refractivity contribution in [2.45, 2.75) is 26.9 Å². The normalized spacial score (nSPS) is 19.2. The van der Waals surface area contributed by atoms with Crippen LogP contribution in [-0.4, -0.2) is 38.1 Å². The first-order chi connectivity index (χ1) is 13.5. The maximum Gasteiger partial charge on any atom is 0.254 e. The molecule has 5 nitrogen and oxygen atoms in total. The van der Waals surface area contributed by atoms with Crippen LogP contribution in [-0.2, 0) is 6.61 Å². The number of hydrogen-bond donors (Lipinski definition) is 0. The molecular weight excluding hydrogens is 354 g/mol. The number of rotatable bonds is 6. The molecule has 0 aliphatic carbocycles. The third kappa shape index (κ3) is 4.58. The summed E-state index contributed by atoms with van der Waals surface area (Å²) in [5, 5.41) is 0. The lowest BCUT2D eigenvalue weighted by Crippen LogP contribution is -2.42. The van der Waals surface area contributed by atoms with E-state index in [0.717, 1.165) is 25.1 Å². The number of piperidine rings is 1. The van der Waals surface area contributed by atoms with Gasteiger partial charge in [-0.1, -0.05) is 44.2 Å². The van der Waals surface area contributed by atoms with Crippen molar-refractivity contribution >= 4 is 5.91 Å². The molecule has 0 spiro atoms. The molecule has 1 aliphatic rings. The summed E-state index contributed by atoms with van der Waals surface area (Å²) in [6.07, 6.45) is 1.16. The lowest BCUT2D eigenvalue weighted by Gasteiger charge is -2.35. The molecule has 150 valence electrons. The fourth-order valence-electron chi connectivity index (χ4n) is 3.89. The molecule has 2 aromatic carbocycles. The lowest BCUT2D eigenvalue weighted by molar-refractivity contribution is 0.0622. The molecule has 1 aliphatic heterocycles. The van der Waals surface area contributed by atoms with Crippen LogP contribution in [0.4, 0.5) is 0 Å². The van der Waals surface area contributed by atoms with Gasteiger partial charge in [-0.15, -0.1) is 0 Å². The Hall–Kier alpha value is -2.69. The summed E-state index contributed by atoms with van der Waals surface area (Å²) in [5.74, 6) is 2.51. The molecule has 0 bridgehead atoms. The summed E-state index contributed by atoms with van der Waals surface area (Å²) in [5.41, 5.74) is 1.60. The second kappa shape index (κ2) is 9.00. The van der Waals surface area contributed by atoms with E-state index in [-0.39, 0.29) is 5.91 Å². The first kappa shape index (κ1) is 20.1. The van der Waals surface area contributed by atoms with Gasteiger partial charge in [0.25, 0.3) is 5.91 Å². The maximum atomic E-state index is 13.1. The Morgan fingerprint density at radius 1 is 1.00 bits per heavy atom. The Labute approximate surface area is 167 Å². The van der Waals surface area contributed by atoms with E-state index in [1.54, 1.807) is 26.4 Å². The van der Waals surface area contributed by atoms with Crippen molar-refractivity contribution in [1.29, 1.82) is 0 Å². The van der Waals surface area contributed by atoms with Crippen LogP contribution >= 0.6 is 0 Å². The fraction of sp³-hybridized carbons (Fsp3) is 0.435. The second-order valence-corrected chi connectivity index (χ2v) is 7.64. The number of likely N-dealkylation sites (tertiary alicyclic amines) is 1. The van der Waals surface area contributed by atoms with Gasteiger partial charge >= 0.3 is 0 Å². The Bertz CT molecular complexity index is 770. The van der Waals surface area contributed by atoms with Crippen molar-refractivity contribution in [1.82, 2.24) is 4.90 Å². The van der Waals surface area contributed by atoms with Crippen LogP contribution in [0.5, 0.6) is 17.2 Å². The highest BCUT2D eigenvalue weighted by Gasteiger charge is 2.27. The largest absolute Gasteiger partial charge is 0.493 e. The van der Waals surface area contributed by atoms with Gasteiger partial charge in [0.1, 0.15) is 6.61 Å². The molecule has 1 amide bonds. The minimum atomic E-state index is 0.00427. The van der Waals surface area contributed by atoms with Gasteiger partial charge < -0.3 is 19.1 Å². The number of carbonyl (C=O) groups excluding carboxylic acids is 1. The summed E-state index contributed by atoms with van der Waals surface area (Å²) >= 11 is 0. The van der Waals surface area contributed by atoms with E-state index in [1.165, 1.54) is 0 Å². The molecule has 2 unspecified atom stereocenters. The fourth-order valence-corrected chi connectivity index (χ4v) is 3.89. The van der Waals surface area contributed by atoms with E-state index in [9.17, 15) is 4.79 Å². The predicted molar refractivity (Wildman–Crippen MR) is 109 cm³/mol. The highest BCUT2D eigenvalue weighted by molar-refractivity contribution is 5.95.